The van der Waals surface area contributed by atoms with Crippen molar-refractivity contribution in [3.05, 3.63) is 71.8 Å². The largest absolute Gasteiger partial charge is 1.00 e. The molecule has 4 atom stereocenters. The lowest BCUT2D eigenvalue weighted by Gasteiger charge is -2.43. The molecule has 2 unspecified atom stereocenters. The number of ether oxygens (including phenoxy) is 1. The average Bonchev–Trinajstić information content (AvgIpc) is 2.89. The number of benzene rings is 2. The number of hydrogen-bond donors (Lipinski definition) is 2. The highest BCUT2D eigenvalue weighted by Gasteiger charge is 2.51. The highest BCUT2D eigenvalue weighted by molar-refractivity contribution is 6.25. The van der Waals surface area contributed by atoms with Gasteiger partial charge in [0.25, 0.3) is 0 Å². The van der Waals surface area contributed by atoms with Gasteiger partial charge in [-0.15, -0.1) is 0 Å². The molecule has 0 radical (unpaired) electrons. The summed E-state index contributed by atoms with van der Waals surface area (Å²) in [6.45, 7) is 6.58. The van der Waals surface area contributed by atoms with Gasteiger partial charge in [-0.25, -0.2) is 4.79 Å². The van der Waals surface area contributed by atoms with Crippen LogP contribution in [0.25, 0.3) is 0 Å². The van der Waals surface area contributed by atoms with Crippen molar-refractivity contribution in [2.24, 2.45) is 5.92 Å². The molecular formula is C27H34N2O7. The van der Waals surface area contributed by atoms with E-state index in [0.717, 1.165) is 31.6 Å². The van der Waals surface area contributed by atoms with Gasteiger partial charge < -0.3 is 34.8 Å². The van der Waals surface area contributed by atoms with E-state index in [1.54, 1.807) is 0 Å². The molecule has 0 aliphatic carbocycles. The van der Waals surface area contributed by atoms with Gasteiger partial charge in [-0.3, -0.25) is 4.79 Å². The number of rotatable bonds is 7. The molecular weight excluding hydrogens is 464 g/mol. The third-order valence-electron chi connectivity index (χ3n) is 6.67. The summed E-state index contributed by atoms with van der Waals surface area (Å²) >= 11 is 0. The first-order chi connectivity index (χ1) is 17.1. The second kappa shape index (κ2) is 13.4. The number of nitrogens with one attached hydrogen (secondary N) is 2. The van der Waals surface area contributed by atoms with E-state index in [4.69, 9.17) is 24.5 Å². The summed E-state index contributed by atoms with van der Waals surface area (Å²) in [6, 6.07) is 20.1. The van der Waals surface area contributed by atoms with Crippen LogP contribution in [0.15, 0.2) is 60.7 Å². The Labute approximate surface area is 212 Å². The molecule has 2 N–H and O–H groups in total. The molecule has 1 aliphatic rings. The van der Waals surface area contributed by atoms with E-state index in [1.165, 1.54) is 17.6 Å². The molecule has 0 bridgehead atoms. The molecule has 36 heavy (non-hydrogen) atoms. The zero-order chi connectivity index (χ0) is 26.7. The Morgan fingerprint density at radius 1 is 1.06 bits per heavy atom. The fourth-order valence-corrected chi connectivity index (χ4v) is 4.47. The summed E-state index contributed by atoms with van der Waals surface area (Å²) < 4.78 is 5.15. The zero-order valence-corrected chi connectivity index (χ0v) is 20.8. The lowest BCUT2D eigenvalue weighted by atomic mass is 9.78. The minimum Gasteiger partial charge on any atom is -0.543 e. The summed E-state index contributed by atoms with van der Waals surface area (Å²) in [5.74, 6) is -5.19. The minimum atomic E-state index is -2.19. The van der Waals surface area contributed by atoms with Crippen LogP contribution in [0.1, 0.15) is 38.7 Å². The molecule has 1 aliphatic heterocycles. The van der Waals surface area contributed by atoms with Crippen LogP contribution in [0.5, 0.6) is 0 Å². The van der Waals surface area contributed by atoms with Crippen molar-refractivity contribution in [2.45, 2.75) is 38.1 Å². The van der Waals surface area contributed by atoms with Crippen LogP contribution in [-0.4, -0.2) is 56.1 Å². The lowest BCUT2D eigenvalue weighted by molar-refractivity contribution is -0.909. The predicted octanol–water partition coefficient (Wildman–Crippen LogP) is -1.42. The topological polar surface area (TPSA) is 140 Å². The molecule has 0 saturated carbocycles. The van der Waals surface area contributed by atoms with Crippen LogP contribution in [0.2, 0.25) is 0 Å². The summed E-state index contributed by atoms with van der Waals surface area (Å²) in [6.07, 6.45) is 1.59. The van der Waals surface area contributed by atoms with Gasteiger partial charge in [0.05, 0.1) is 44.6 Å². The van der Waals surface area contributed by atoms with Crippen molar-refractivity contribution in [3.8, 4) is 0 Å². The van der Waals surface area contributed by atoms with Crippen LogP contribution >= 0.6 is 0 Å². The third kappa shape index (κ3) is 7.64. The molecule has 3 rings (SSSR count). The van der Waals surface area contributed by atoms with Gasteiger partial charge in [-0.2, -0.15) is 0 Å². The van der Waals surface area contributed by atoms with Crippen molar-refractivity contribution >= 4 is 23.8 Å². The number of likely N-dealkylation sites (tertiary alicyclic amines) is 1. The van der Waals surface area contributed by atoms with Crippen molar-refractivity contribution in [2.75, 3.05) is 26.7 Å². The summed E-state index contributed by atoms with van der Waals surface area (Å²) in [7, 11) is 1.40. The quantitative estimate of drug-likeness (QED) is 0.353. The Morgan fingerprint density at radius 3 is 2.11 bits per heavy atom. The second-order valence-electron chi connectivity index (χ2n) is 9.00. The van der Waals surface area contributed by atoms with Crippen molar-refractivity contribution in [1.29, 1.82) is 0 Å². The normalized spacial score (nSPS) is 21.8. The number of carbonyl (C=O) groups excluding carboxylic acids is 4. The Hall–Kier alpha value is -3.72. The minimum absolute atomic E-state index is 0. The van der Waals surface area contributed by atoms with E-state index >= 15 is 0 Å². The molecule has 1 amide bonds. The smallest absolute Gasteiger partial charge is 0.543 e. The van der Waals surface area contributed by atoms with E-state index in [1.807, 2.05) is 50.2 Å². The number of amides is 1. The number of methoxy groups -OCH3 is 1. The standard InChI is InChI=1S/C25H32N2O3.C2H2O4/c1-19-18-27(16-14-21-10-6-4-7-11-21)17-15-25(19,24(29)30-3)26-23(28)20(2)22-12-8-5-9-13-22;3-1(4)2(5)6/h4-13,19-20H,14-18H2,1-3H3,(H,26,28);(H,3,4)(H,5,6)/t19-,20?,25+;/m0./s1. The van der Waals surface area contributed by atoms with E-state index < -0.39 is 17.5 Å². The number of carboxylic acids is 2. The highest BCUT2D eigenvalue weighted by Crippen LogP contribution is 2.26. The highest BCUT2D eigenvalue weighted by atomic mass is 16.5. The van der Waals surface area contributed by atoms with E-state index in [-0.39, 0.29) is 25.1 Å². The van der Waals surface area contributed by atoms with Gasteiger partial charge >= 0.3 is 7.40 Å². The van der Waals surface area contributed by atoms with Crippen molar-refractivity contribution in [1.82, 2.24) is 5.32 Å². The third-order valence-corrected chi connectivity index (χ3v) is 6.67. The molecule has 2 aromatic rings. The van der Waals surface area contributed by atoms with Crippen molar-refractivity contribution in [3.63, 3.8) is 0 Å². The van der Waals surface area contributed by atoms with Crippen LogP contribution in [0.4, 0.5) is 0 Å². The predicted molar refractivity (Wildman–Crippen MR) is 128 cm³/mol. The molecule has 194 valence electrons. The second-order valence-corrected chi connectivity index (χ2v) is 9.00. The van der Waals surface area contributed by atoms with Crippen molar-refractivity contribution < 1.29 is 40.5 Å². The Morgan fingerprint density at radius 2 is 1.61 bits per heavy atom. The Bertz CT molecular complexity index is 1020. The average molecular weight is 499 g/mol. The van der Waals surface area contributed by atoms with Gasteiger partial charge in [0.1, 0.15) is 0 Å². The Kier molecular flexibility index (Phi) is 10.6. The van der Waals surface area contributed by atoms with Gasteiger partial charge in [0.2, 0.25) is 5.91 Å². The van der Waals surface area contributed by atoms with Gasteiger partial charge in [0.15, 0.2) is 5.54 Å². The number of carboxylic acid groups (broad SMARTS) is 2. The van der Waals surface area contributed by atoms with Crippen LogP contribution in [0.3, 0.4) is 0 Å². The Balaban J connectivity index is 0.000000876. The molecule has 2 aromatic carbocycles. The van der Waals surface area contributed by atoms with Crippen LogP contribution < -0.4 is 20.4 Å². The maximum atomic E-state index is 13.0. The molecule has 1 saturated heterocycles. The first kappa shape index (κ1) is 28.5. The lowest BCUT2D eigenvalue weighted by Crippen LogP contribution is -3.15. The number of quaternary nitrogens is 1. The molecule has 0 spiro atoms. The zero-order valence-electron chi connectivity index (χ0n) is 21.8. The number of piperidine rings is 1. The number of aliphatic carboxylic acids is 2. The summed E-state index contributed by atoms with van der Waals surface area (Å²) in [5.41, 5.74) is 1.30. The molecule has 0 aromatic heterocycles. The van der Waals surface area contributed by atoms with Crippen LogP contribution in [-0.2, 0) is 30.3 Å². The first-order valence-electron chi connectivity index (χ1n) is 11.9. The summed E-state index contributed by atoms with van der Waals surface area (Å²) in [4.78, 5) is 45.2. The molecule has 1 heterocycles. The van der Waals surface area contributed by atoms with Gasteiger partial charge in [-0.1, -0.05) is 67.6 Å². The number of hydrogen-bond acceptors (Lipinski definition) is 7. The fourth-order valence-electron chi connectivity index (χ4n) is 4.47. The number of esters is 1. The first-order valence-corrected chi connectivity index (χ1v) is 11.9. The van der Waals surface area contributed by atoms with Gasteiger partial charge in [-0.05, 0) is 18.1 Å². The van der Waals surface area contributed by atoms with E-state index in [0.29, 0.717) is 6.42 Å². The number of carbonyl (C=O) groups is 4. The maximum Gasteiger partial charge on any atom is 1.00 e. The molecule has 9 nitrogen and oxygen atoms in total. The van der Waals surface area contributed by atoms with E-state index in [9.17, 15) is 9.59 Å². The fraction of sp³-hybridized carbons (Fsp3) is 0.407. The molecule has 9 heteroatoms. The molecule has 1 fully saturated rings. The van der Waals surface area contributed by atoms with Gasteiger partial charge in [0, 0.05) is 18.8 Å². The monoisotopic (exact) mass is 498 g/mol. The SMILES string of the molecule is COC(=O)[C@@]1(NC(=O)C(C)c2ccccc2)CC[NH+](CCc2ccccc2)C[C@@H]1C.O=C([O-])C(=O)[O-].[H+]. The van der Waals surface area contributed by atoms with E-state index in [2.05, 4.69) is 29.6 Å². The van der Waals surface area contributed by atoms with Crippen LogP contribution in [0, 0.1) is 5.92 Å². The maximum absolute atomic E-state index is 13.0. The summed E-state index contributed by atoms with van der Waals surface area (Å²) in [5, 5.41) is 21.0.